The smallest absolute Gasteiger partial charge is 0.0314 e. The molecule has 13 heavy (non-hydrogen) atoms. The Hall–Kier alpha value is -0.980. The molecule has 0 radical (unpaired) electrons. The molecule has 0 saturated carbocycles. The van der Waals surface area contributed by atoms with E-state index in [0.29, 0.717) is 5.92 Å². The molecule has 1 aromatic rings. The predicted molar refractivity (Wildman–Crippen MR) is 58.7 cm³/mol. The van der Waals surface area contributed by atoms with E-state index in [9.17, 15) is 0 Å². The Morgan fingerprint density at radius 2 is 1.62 bits per heavy atom. The molecule has 1 atom stereocenters. The number of nitrogen functional groups attached to an aromatic ring is 1. The van der Waals surface area contributed by atoms with E-state index in [0.717, 1.165) is 11.6 Å². The van der Waals surface area contributed by atoms with Crippen molar-refractivity contribution in [1.82, 2.24) is 0 Å². The van der Waals surface area contributed by atoms with Crippen molar-refractivity contribution in [3.63, 3.8) is 0 Å². The van der Waals surface area contributed by atoms with Crippen LogP contribution in [-0.2, 0) is 0 Å². The lowest BCUT2D eigenvalue weighted by molar-refractivity contribution is 0.524. The maximum Gasteiger partial charge on any atom is 0.0314 e. The van der Waals surface area contributed by atoms with Crippen molar-refractivity contribution in [3.8, 4) is 0 Å². The molecular formula is C12H19N. The second-order valence-electron chi connectivity index (χ2n) is 4.20. The third-order valence-corrected chi connectivity index (χ3v) is 2.33. The van der Waals surface area contributed by atoms with Gasteiger partial charge < -0.3 is 5.73 Å². The molecule has 0 amide bonds. The van der Waals surface area contributed by atoms with Crippen molar-refractivity contribution >= 4 is 5.69 Å². The van der Waals surface area contributed by atoms with Gasteiger partial charge in [0.2, 0.25) is 0 Å². The van der Waals surface area contributed by atoms with Crippen LogP contribution in [0.1, 0.15) is 38.7 Å². The summed E-state index contributed by atoms with van der Waals surface area (Å²) in [5, 5.41) is 0. The van der Waals surface area contributed by atoms with Crippen molar-refractivity contribution in [2.75, 3.05) is 5.73 Å². The van der Waals surface area contributed by atoms with Crippen LogP contribution in [0.25, 0.3) is 0 Å². The fourth-order valence-corrected chi connectivity index (χ4v) is 1.67. The number of anilines is 1. The van der Waals surface area contributed by atoms with Gasteiger partial charge in [0.25, 0.3) is 0 Å². The van der Waals surface area contributed by atoms with Crippen molar-refractivity contribution in [2.24, 2.45) is 5.92 Å². The van der Waals surface area contributed by atoms with Gasteiger partial charge in [-0.1, -0.05) is 32.9 Å². The Bertz CT molecular complexity index is 248. The molecule has 2 N–H and O–H groups in total. The number of rotatable bonds is 3. The van der Waals surface area contributed by atoms with Crippen molar-refractivity contribution < 1.29 is 0 Å². The summed E-state index contributed by atoms with van der Waals surface area (Å²) >= 11 is 0. The summed E-state index contributed by atoms with van der Waals surface area (Å²) in [7, 11) is 0. The molecule has 0 aliphatic carbocycles. The van der Waals surface area contributed by atoms with E-state index in [1.807, 2.05) is 12.1 Å². The minimum absolute atomic E-state index is 0.639. The molecule has 0 bridgehead atoms. The van der Waals surface area contributed by atoms with Gasteiger partial charge in [0.15, 0.2) is 0 Å². The van der Waals surface area contributed by atoms with Crippen LogP contribution in [-0.4, -0.2) is 0 Å². The summed E-state index contributed by atoms with van der Waals surface area (Å²) < 4.78 is 0. The Balaban J connectivity index is 2.66. The first-order valence-electron chi connectivity index (χ1n) is 4.95. The van der Waals surface area contributed by atoms with E-state index in [2.05, 4.69) is 32.9 Å². The largest absolute Gasteiger partial charge is 0.399 e. The molecular weight excluding hydrogens is 158 g/mol. The summed E-state index contributed by atoms with van der Waals surface area (Å²) in [6.45, 7) is 6.78. The molecule has 1 nitrogen and oxygen atoms in total. The fourth-order valence-electron chi connectivity index (χ4n) is 1.67. The van der Waals surface area contributed by atoms with Crippen LogP contribution in [0.5, 0.6) is 0 Å². The van der Waals surface area contributed by atoms with Crippen LogP contribution in [0.15, 0.2) is 24.3 Å². The highest BCUT2D eigenvalue weighted by Crippen LogP contribution is 2.23. The SMILES string of the molecule is CC(C)CC(C)c1ccc(N)cc1. The van der Waals surface area contributed by atoms with Gasteiger partial charge >= 0.3 is 0 Å². The normalized spacial score (nSPS) is 13.2. The topological polar surface area (TPSA) is 26.0 Å². The zero-order valence-electron chi connectivity index (χ0n) is 8.75. The van der Waals surface area contributed by atoms with E-state index < -0.39 is 0 Å². The molecule has 1 rings (SSSR count). The van der Waals surface area contributed by atoms with Crippen LogP contribution in [0.2, 0.25) is 0 Å². The van der Waals surface area contributed by atoms with Crippen LogP contribution in [0.4, 0.5) is 5.69 Å². The maximum atomic E-state index is 5.63. The second kappa shape index (κ2) is 4.31. The van der Waals surface area contributed by atoms with Crippen molar-refractivity contribution in [3.05, 3.63) is 29.8 Å². The van der Waals surface area contributed by atoms with Gasteiger partial charge in [-0.25, -0.2) is 0 Å². The lowest BCUT2D eigenvalue weighted by atomic mass is 9.92. The number of hydrogen-bond donors (Lipinski definition) is 1. The Morgan fingerprint density at radius 1 is 1.08 bits per heavy atom. The molecule has 0 aliphatic heterocycles. The third-order valence-electron chi connectivity index (χ3n) is 2.33. The van der Waals surface area contributed by atoms with Crippen LogP contribution >= 0.6 is 0 Å². The number of nitrogens with two attached hydrogens (primary N) is 1. The zero-order valence-corrected chi connectivity index (χ0v) is 8.75. The molecule has 0 fully saturated rings. The Kier molecular flexibility index (Phi) is 3.35. The van der Waals surface area contributed by atoms with Gasteiger partial charge in [-0.2, -0.15) is 0 Å². The lowest BCUT2D eigenvalue weighted by Crippen LogP contribution is -1.98. The van der Waals surface area contributed by atoms with Gasteiger partial charge in [0.05, 0.1) is 0 Å². The van der Waals surface area contributed by atoms with Gasteiger partial charge in [0.1, 0.15) is 0 Å². The first-order chi connectivity index (χ1) is 6.09. The van der Waals surface area contributed by atoms with Crippen LogP contribution < -0.4 is 5.73 Å². The van der Waals surface area contributed by atoms with E-state index in [1.165, 1.54) is 12.0 Å². The highest BCUT2D eigenvalue weighted by molar-refractivity contribution is 5.40. The quantitative estimate of drug-likeness (QED) is 0.703. The maximum absolute atomic E-state index is 5.63. The molecule has 0 saturated heterocycles. The summed E-state index contributed by atoms with van der Waals surface area (Å²) in [6.07, 6.45) is 1.24. The monoisotopic (exact) mass is 177 g/mol. The van der Waals surface area contributed by atoms with Crippen molar-refractivity contribution in [1.29, 1.82) is 0 Å². The standard InChI is InChI=1S/C12H19N/c1-9(2)8-10(3)11-4-6-12(13)7-5-11/h4-7,9-10H,8,13H2,1-3H3. The van der Waals surface area contributed by atoms with Crippen molar-refractivity contribution in [2.45, 2.75) is 33.1 Å². The summed E-state index contributed by atoms with van der Waals surface area (Å²) in [5.41, 5.74) is 7.87. The highest BCUT2D eigenvalue weighted by atomic mass is 14.5. The summed E-state index contributed by atoms with van der Waals surface area (Å²) in [6, 6.07) is 8.21. The molecule has 0 heterocycles. The molecule has 1 heteroatoms. The predicted octanol–water partition coefficient (Wildman–Crippen LogP) is 3.42. The number of benzene rings is 1. The molecule has 72 valence electrons. The first-order valence-corrected chi connectivity index (χ1v) is 4.95. The molecule has 0 spiro atoms. The molecule has 1 aromatic carbocycles. The molecule has 1 unspecified atom stereocenters. The zero-order chi connectivity index (χ0) is 9.84. The first kappa shape index (κ1) is 10.1. The van der Waals surface area contributed by atoms with Gasteiger partial charge in [0, 0.05) is 5.69 Å². The van der Waals surface area contributed by atoms with Gasteiger partial charge in [-0.05, 0) is 36.0 Å². The minimum atomic E-state index is 0.639. The van der Waals surface area contributed by atoms with E-state index in [-0.39, 0.29) is 0 Å². The van der Waals surface area contributed by atoms with E-state index in [1.54, 1.807) is 0 Å². The minimum Gasteiger partial charge on any atom is -0.399 e. The lowest BCUT2D eigenvalue weighted by Gasteiger charge is -2.14. The molecule has 0 aliphatic rings. The average Bonchev–Trinajstić information content (AvgIpc) is 2.04. The van der Waals surface area contributed by atoms with E-state index >= 15 is 0 Å². The fraction of sp³-hybridized carbons (Fsp3) is 0.500. The Labute approximate surface area is 81.0 Å². The average molecular weight is 177 g/mol. The van der Waals surface area contributed by atoms with Gasteiger partial charge in [-0.3, -0.25) is 0 Å². The van der Waals surface area contributed by atoms with Gasteiger partial charge in [-0.15, -0.1) is 0 Å². The van der Waals surface area contributed by atoms with Crippen LogP contribution in [0.3, 0.4) is 0 Å². The molecule has 0 aromatic heterocycles. The Morgan fingerprint density at radius 3 is 2.08 bits per heavy atom. The second-order valence-corrected chi connectivity index (χ2v) is 4.20. The summed E-state index contributed by atoms with van der Waals surface area (Å²) in [5.74, 6) is 1.40. The van der Waals surface area contributed by atoms with Crippen LogP contribution in [0, 0.1) is 5.92 Å². The highest BCUT2D eigenvalue weighted by Gasteiger charge is 2.06. The third kappa shape index (κ3) is 3.10. The summed E-state index contributed by atoms with van der Waals surface area (Å²) in [4.78, 5) is 0. The number of hydrogen-bond acceptors (Lipinski definition) is 1. The van der Waals surface area contributed by atoms with E-state index in [4.69, 9.17) is 5.73 Å².